The summed E-state index contributed by atoms with van der Waals surface area (Å²) in [6, 6.07) is 0. The van der Waals surface area contributed by atoms with E-state index in [-0.39, 0.29) is 6.10 Å². The number of aromatic nitrogens is 2. The molecule has 1 atom stereocenters. The molecule has 0 bridgehead atoms. The summed E-state index contributed by atoms with van der Waals surface area (Å²) in [6.45, 7) is 8.23. The van der Waals surface area contributed by atoms with Crippen LogP contribution in [0.25, 0.3) is 0 Å². The molecular formula is C11H18N2O. The van der Waals surface area contributed by atoms with Gasteiger partial charge in [-0.2, -0.15) is 0 Å². The van der Waals surface area contributed by atoms with Gasteiger partial charge in [-0.3, -0.25) is 0 Å². The molecule has 1 heterocycles. The fourth-order valence-electron chi connectivity index (χ4n) is 1.10. The first-order valence-electron chi connectivity index (χ1n) is 5.12. The summed E-state index contributed by atoms with van der Waals surface area (Å²) in [7, 11) is 0. The molecule has 0 spiro atoms. The van der Waals surface area contributed by atoms with Crippen molar-refractivity contribution in [3.63, 3.8) is 0 Å². The lowest BCUT2D eigenvalue weighted by Gasteiger charge is -2.10. The number of hydrogen-bond donors (Lipinski definition) is 0. The Labute approximate surface area is 85.5 Å². The van der Waals surface area contributed by atoms with Crippen LogP contribution >= 0.6 is 0 Å². The Morgan fingerprint density at radius 1 is 1.21 bits per heavy atom. The van der Waals surface area contributed by atoms with Crippen LogP contribution in [0, 0.1) is 0 Å². The number of nitrogens with zero attached hydrogens (tertiary/aromatic N) is 2. The zero-order valence-electron chi connectivity index (χ0n) is 9.32. The number of hydrogen-bond acceptors (Lipinski definition) is 3. The summed E-state index contributed by atoms with van der Waals surface area (Å²) in [6.07, 6.45) is 4.72. The van der Waals surface area contributed by atoms with Crippen molar-refractivity contribution in [2.24, 2.45) is 0 Å². The van der Waals surface area contributed by atoms with E-state index < -0.39 is 0 Å². The third-order valence-corrected chi connectivity index (χ3v) is 2.07. The minimum absolute atomic E-state index is 0.174. The first-order valence-corrected chi connectivity index (χ1v) is 5.12. The standard InChI is InChI=1S/C11H18N2O/c1-5-9(4)11-12-6-10(7-13-11)14-8(2)3/h6-9H,5H2,1-4H3. The normalized spacial score (nSPS) is 12.9. The maximum atomic E-state index is 5.46. The van der Waals surface area contributed by atoms with Crippen molar-refractivity contribution in [3.8, 4) is 5.75 Å². The van der Waals surface area contributed by atoms with Gasteiger partial charge in [0.05, 0.1) is 18.5 Å². The highest BCUT2D eigenvalue weighted by molar-refractivity contribution is 5.13. The maximum absolute atomic E-state index is 5.46. The fourth-order valence-corrected chi connectivity index (χ4v) is 1.10. The van der Waals surface area contributed by atoms with Gasteiger partial charge in [-0.15, -0.1) is 0 Å². The first-order chi connectivity index (χ1) is 6.63. The van der Waals surface area contributed by atoms with Gasteiger partial charge in [0.15, 0.2) is 5.75 Å². The highest BCUT2D eigenvalue weighted by Crippen LogP contribution is 2.16. The summed E-state index contributed by atoms with van der Waals surface area (Å²) in [5, 5.41) is 0. The van der Waals surface area contributed by atoms with Crippen molar-refractivity contribution in [1.29, 1.82) is 0 Å². The van der Waals surface area contributed by atoms with Crippen LogP contribution in [0.2, 0.25) is 0 Å². The second kappa shape index (κ2) is 4.94. The van der Waals surface area contributed by atoms with E-state index in [1.165, 1.54) is 0 Å². The predicted octanol–water partition coefficient (Wildman–Crippen LogP) is 2.78. The second-order valence-electron chi connectivity index (χ2n) is 3.75. The average Bonchev–Trinajstić information content (AvgIpc) is 2.17. The monoisotopic (exact) mass is 194 g/mol. The van der Waals surface area contributed by atoms with E-state index in [1.807, 2.05) is 13.8 Å². The van der Waals surface area contributed by atoms with Gasteiger partial charge in [-0.1, -0.05) is 13.8 Å². The summed E-state index contributed by atoms with van der Waals surface area (Å²) in [5.74, 6) is 2.05. The molecule has 3 heteroatoms. The first kappa shape index (κ1) is 11.0. The largest absolute Gasteiger partial charge is 0.488 e. The molecule has 1 unspecified atom stereocenters. The molecule has 3 nitrogen and oxygen atoms in total. The van der Waals surface area contributed by atoms with Gasteiger partial charge < -0.3 is 4.74 Å². The van der Waals surface area contributed by atoms with Crippen LogP contribution in [0.3, 0.4) is 0 Å². The minimum atomic E-state index is 0.174. The lowest BCUT2D eigenvalue weighted by atomic mass is 10.1. The number of ether oxygens (including phenoxy) is 1. The Hall–Kier alpha value is -1.12. The smallest absolute Gasteiger partial charge is 0.156 e. The van der Waals surface area contributed by atoms with Crippen molar-refractivity contribution < 1.29 is 4.74 Å². The molecule has 1 aromatic rings. The molecule has 0 N–H and O–H groups in total. The lowest BCUT2D eigenvalue weighted by molar-refractivity contribution is 0.240. The van der Waals surface area contributed by atoms with Gasteiger partial charge in [0.2, 0.25) is 0 Å². The van der Waals surface area contributed by atoms with Gasteiger partial charge in [0.25, 0.3) is 0 Å². The highest BCUT2D eigenvalue weighted by atomic mass is 16.5. The molecule has 0 aliphatic carbocycles. The van der Waals surface area contributed by atoms with Crippen LogP contribution in [-0.4, -0.2) is 16.1 Å². The number of rotatable bonds is 4. The van der Waals surface area contributed by atoms with Crippen LogP contribution in [0.4, 0.5) is 0 Å². The molecule has 0 aromatic carbocycles. The third-order valence-electron chi connectivity index (χ3n) is 2.07. The zero-order valence-corrected chi connectivity index (χ0v) is 9.32. The van der Waals surface area contributed by atoms with Crippen molar-refractivity contribution >= 4 is 0 Å². The Morgan fingerprint density at radius 2 is 1.79 bits per heavy atom. The van der Waals surface area contributed by atoms with E-state index in [2.05, 4.69) is 23.8 Å². The Bertz CT molecular complexity index is 269. The van der Waals surface area contributed by atoms with Gasteiger partial charge in [-0.05, 0) is 20.3 Å². The van der Waals surface area contributed by atoms with Gasteiger partial charge in [-0.25, -0.2) is 9.97 Å². The molecule has 0 saturated carbocycles. The minimum Gasteiger partial charge on any atom is -0.488 e. The van der Waals surface area contributed by atoms with E-state index >= 15 is 0 Å². The molecule has 0 radical (unpaired) electrons. The second-order valence-corrected chi connectivity index (χ2v) is 3.75. The summed E-state index contributed by atoms with van der Waals surface area (Å²) < 4.78 is 5.46. The van der Waals surface area contributed by atoms with Crippen molar-refractivity contribution in [1.82, 2.24) is 9.97 Å². The molecule has 0 aliphatic rings. The molecular weight excluding hydrogens is 176 g/mol. The topological polar surface area (TPSA) is 35.0 Å². The Morgan fingerprint density at radius 3 is 2.21 bits per heavy atom. The molecule has 0 saturated heterocycles. The van der Waals surface area contributed by atoms with E-state index in [0.717, 1.165) is 18.0 Å². The Balaban J connectivity index is 2.68. The molecule has 1 rings (SSSR count). The maximum Gasteiger partial charge on any atom is 0.156 e. The molecule has 78 valence electrons. The van der Waals surface area contributed by atoms with Crippen LogP contribution in [0.15, 0.2) is 12.4 Å². The van der Waals surface area contributed by atoms with Crippen molar-refractivity contribution in [3.05, 3.63) is 18.2 Å². The summed E-state index contributed by atoms with van der Waals surface area (Å²) in [4.78, 5) is 8.53. The molecule has 0 aliphatic heterocycles. The lowest BCUT2D eigenvalue weighted by Crippen LogP contribution is -2.07. The van der Waals surface area contributed by atoms with E-state index in [1.54, 1.807) is 12.4 Å². The summed E-state index contributed by atoms with van der Waals surface area (Å²) in [5.41, 5.74) is 0. The molecule has 1 aromatic heterocycles. The summed E-state index contributed by atoms with van der Waals surface area (Å²) >= 11 is 0. The quantitative estimate of drug-likeness (QED) is 0.739. The van der Waals surface area contributed by atoms with Crippen LogP contribution in [0.1, 0.15) is 45.9 Å². The van der Waals surface area contributed by atoms with E-state index in [0.29, 0.717) is 5.92 Å². The molecule has 14 heavy (non-hydrogen) atoms. The average molecular weight is 194 g/mol. The van der Waals surface area contributed by atoms with Crippen molar-refractivity contribution in [2.75, 3.05) is 0 Å². The fraction of sp³-hybridized carbons (Fsp3) is 0.636. The molecule has 0 amide bonds. The van der Waals surface area contributed by atoms with Crippen LogP contribution in [-0.2, 0) is 0 Å². The third kappa shape index (κ3) is 2.98. The van der Waals surface area contributed by atoms with Crippen molar-refractivity contribution in [2.45, 2.75) is 46.1 Å². The van der Waals surface area contributed by atoms with Gasteiger partial charge in [0, 0.05) is 5.92 Å². The van der Waals surface area contributed by atoms with Gasteiger partial charge in [0.1, 0.15) is 5.82 Å². The SMILES string of the molecule is CCC(C)c1ncc(OC(C)C)cn1. The zero-order chi connectivity index (χ0) is 10.6. The highest BCUT2D eigenvalue weighted by Gasteiger charge is 2.06. The van der Waals surface area contributed by atoms with Crippen LogP contribution in [0.5, 0.6) is 5.75 Å². The van der Waals surface area contributed by atoms with Gasteiger partial charge >= 0.3 is 0 Å². The predicted molar refractivity (Wildman–Crippen MR) is 56.5 cm³/mol. The Kier molecular flexibility index (Phi) is 3.86. The van der Waals surface area contributed by atoms with E-state index in [4.69, 9.17) is 4.74 Å². The molecule has 0 fully saturated rings. The van der Waals surface area contributed by atoms with Crippen LogP contribution < -0.4 is 4.74 Å². The van der Waals surface area contributed by atoms with E-state index in [9.17, 15) is 0 Å².